The number of aromatic nitrogens is 1. The highest BCUT2D eigenvalue weighted by molar-refractivity contribution is 5.65. The molecule has 5 nitrogen and oxygen atoms in total. The summed E-state index contributed by atoms with van der Waals surface area (Å²) in [5.41, 5.74) is 4.17. The summed E-state index contributed by atoms with van der Waals surface area (Å²) in [6.45, 7) is 3.65. The van der Waals surface area contributed by atoms with E-state index in [1.807, 2.05) is 18.2 Å². The van der Waals surface area contributed by atoms with Crippen molar-refractivity contribution in [1.82, 2.24) is 4.98 Å². The molecule has 0 fully saturated rings. The van der Waals surface area contributed by atoms with Crippen molar-refractivity contribution in [3.8, 4) is 0 Å². The molecule has 1 aromatic rings. The van der Waals surface area contributed by atoms with E-state index in [9.17, 15) is 4.79 Å². The number of amides is 1. The molecule has 1 heterocycles. The zero-order valence-electron chi connectivity index (χ0n) is 8.92. The molecule has 0 aliphatic carbocycles. The minimum absolute atomic E-state index is 0.211. The molecular formula is C10H16N2O3. The molecule has 0 radical (unpaired) electrons. The van der Waals surface area contributed by atoms with Gasteiger partial charge in [-0.1, -0.05) is 6.07 Å². The van der Waals surface area contributed by atoms with E-state index in [0.29, 0.717) is 6.61 Å². The Morgan fingerprint density at radius 3 is 1.93 bits per heavy atom. The van der Waals surface area contributed by atoms with Crippen LogP contribution in [0.3, 0.4) is 0 Å². The topological polar surface area (TPSA) is 82.3 Å². The fourth-order valence-corrected chi connectivity index (χ4v) is 0.516. The molecule has 0 saturated heterocycles. The van der Waals surface area contributed by atoms with E-state index >= 15 is 0 Å². The summed E-state index contributed by atoms with van der Waals surface area (Å²) in [7, 11) is 0. The van der Waals surface area contributed by atoms with Crippen LogP contribution in [0.25, 0.3) is 0 Å². The maximum Gasteiger partial charge on any atom is 0.302 e. The van der Waals surface area contributed by atoms with Gasteiger partial charge < -0.3 is 10.5 Å². The Bertz CT molecular complexity index is 213. The third-order valence-corrected chi connectivity index (χ3v) is 0.914. The summed E-state index contributed by atoms with van der Waals surface area (Å²) in [5, 5.41) is 0. The lowest BCUT2D eigenvalue weighted by Crippen LogP contribution is -1.95. The van der Waals surface area contributed by atoms with Gasteiger partial charge in [-0.2, -0.15) is 0 Å². The second kappa shape index (κ2) is 14.6. The van der Waals surface area contributed by atoms with Crippen molar-refractivity contribution in [2.75, 3.05) is 6.61 Å². The molecule has 15 heavy (non-hydrogen) atoms. The summed E-state index contributed by atoms with van der Waals surface area (Å²) in [5.74, 6) is -0.211. The highest BCUT2D eigenvalue weighted by atomic mass is 16.5. The van der Waals surface area contributed by atoms with Crippen molar-refractivity contribution in [3.63, 3.8) is 0 Å². The molecule has 0 aromatic carbocycles. The van der Waals surface area contributed by atoms with Gasteiger partial charge in [-0.3, -0.25) is 14.6 Å². The summed E-state index contributed by atoms with van der Waals surface area (Å²) in [4.78, 5) is 22.2. The molecule has 0 aliphatic rings. The predicted molar refractivity (Wildman–Crippen MR) is 56.8 cm³/mol. The number of esters is 1. The SMILES string of the molecule is CCOC(C)=O.NC=O.c1ccncc1. The van der Waals surface area contributed by atoms with Gasteiger partial charge in [0.1, 0.15) is 0 Å². The van der Waals surface area contributed by atoms with E-state index < -0.39 is 0 Å². The first-order valence-corrected chi connectivity index (χ1v) is 4.32. The Morgan fingerprint density at radius 2 is 1.87 bits per heavy atom. The molecule has 5 heteroatoms. The first-order chi connectivity index (χ1) is 7.18. The van der Waals surface area contributed by atoms with E-state index in [1.165, 1.54) is 6.92 Å². The van der Waals surface area contributed by atoms with E-state index in [0.717, 1.165) is 0 Å². The van der Waals surface area contributed by atoms with Crippen LogP contribution in [0.4, 0.5) is 0 Å². The molecule has 0 spiro atoms. The second-order valence-electron chi connectivity index (χ2n) is 2.09. The summed E-state index contributed by atoms with van der Waals surface area (Å²) in [6, 6.07) is 5.72. The summed E-state index contributed by atoms with van der Waals surface area (Å²) in [6.07, 6.45) is 3.75. The molecule has 1 amide bonds. The van der Waals surface area contributed by atoms with E-state index in [4.69, 9.17) is 4.79 Å². The van der Waals surface area contributed by atoms with Gasteiger partial charge in [0.15, 0.2) is 0 Å². The Labute approximate surface area is 89.3 Å². The van der Waals surface area contributed by atoms with Crippen molar-refractivity contribution in [2.24, 2.45) is 5.73 Å². The van der Waals surface area contributed by atoms with Crippen molar-refractivity contribution in [1.29, 1.82) is 0 Å². The van der Waals surface area contributed by atoms with Gasteiger partial charge in [0.25, 0.3) is 0 Å². The van der Waals surface area contributed by atoms with Crippen LogP contribution in [0.5, 0.6) is 0 Å². The largest absolute Gasteiger partial charge is 0.466 e. The molecule has 84 valence electrons. The fraction of sp³-hybridized carbons (Fsp3) is 0.300. The lowest BCUT2D eigenvalue weighted by Gasteiger charge is -1.89. The Kier molecular flexibility index (Phi) is 15.1. The molecule has 0 saturated carbocycles. The second-order valence-corrected chi connectivity index (χ2v) is 2.09. The number of nitrogens with zero attached hydrogens (tertiary/aromatic N) is 1. The molecule has 0 bridgehead atoms. The maximum absolute atomic E-state index is 9.82. The van der Waals surface area contributed by atoms with E-state index in [1.54, 1.807) is 19.3 Å². The van der Waals surface area contributed by atoms with Crippen LogP contribution in [0, 0.1) is 0 Å². The number of pyridine rings is 1. The number of carbonyl (C=O) groups excluding carboxylic acids is 2. The Morgan fingerprint density at radius 1 is 1.40 bits per heavy atom. The quantitative estimate of drug-likeness (QED) is 0.550. The van der Waals surface area contributed by atoms with Gasteiger partial charge in [0.2, 0.25) is 6.41 Å². The molecule has 2 N–H and O–H groups in total. The van der Waals surface area contributed by atoms with Crippen molar-refractivity contribution < 1.29 is 14.3 Å². The zero-order valence-corrected chi connectivity index (χ0v) is 8.92. The third kappa shape index (κ3) is 24.5. The average Bonchev–Trinajstić information content (AvgIpc) is 2.22. The lowest BCUT2D eigenvalue weighted by molar-refractivity contribution is -0.140. The molecule has 0 unspecified atom stereocenters. The number of hydrogen-bond acceptors (Lipinski definition) is 4. The zero-order chi connectivity index (χ0) is 11.9. The molecular weight excluding hydrogens is 196 g/mol. The van der Waals surface area contributed by atoms with Crippen molar-refractivity contribution >= 4 is 12.4 Å². The minimum Gasteiger partial charge on any atom is -0.466 e. The first kappa shape index (κ1) is 15.6. The molecule has 1 rings (SSSR count). The van der Waals surface area contributed by atoms with E-state index in [-0.39, 0.29) is 12.4 Å². The van der Waals surface area contributed by atoms with Crippen LogP contribution in [0.2, 0.25) is 0 Å². The van der Waals surface area contributed by atoms with Crippen LogP contribution in [-0.2, 0) is 14.3 Å². The summed E-state index contributed by atoms with van der Waals surface area (Å²) < 4.78 is 4.40. The van der Waals surface area contributed by atoms with Crippen LogP contribution < -0.4 is 5.73 Å². The van der Waals surface area contributed by atoms with E-state index in [2.05, 4.69) is 15.5 Å². The first-order valence-electron chi connectivity index (χ1n) is 4.32. The lowest BCUT2D eigenvalue weighted by atomic mass is 10.5. The van der Waals surface area contributed by atoms with Gasteiger partial charge >= 0.3 is 5.97 Å². The number of nitrogens with two attached hydrogens (primary N) is 1. The Balaban J connectivity index is 0. The smallest absolute Gasteiger partial charge is 0.302 e. The van der Waals surface area contributed by atoms with Crippen LogP contribution in [0.15, 0.2) is 30.6 Å². The highest BCUT2D eigenvalue weighted by Gasteiger charge is 1.81. The third-order valence-electron chi connectivity index (χ3n) is 0.914. The van der Waals surface area contributed by atoms with Crippen molar-refractivity contribution in [2.45, 2.75) is 13.8 Å². The molecule has 1 aromatic heterocycles. The maximum atomic E-state index is 9.82. The molecule has 0 aliphatic heterocycles. The van der Waals surface area contributed by atoms with Gasteiger partial charge in [-0.15, -0.1) is 0 Å². The van der Waals surface area contributed by atoms with Gasteiger partial charge in [0, 0.05) is 19.3 Å². The molecule has 0 atom stereocenters. The van der Waals surface area contributed by atoms with Gasteiger partial charge in [0.05, 0.1) is 6.61 Å². The number of ether oxygens (including phenoxy) is 1. The standard InChI is InChI=1S/C5H5N.C4H8O2.CH3NO/c1-2-4-6-5-3-1;1-3-6-4(2)5;2-1-3/h1-5H;3H2,1-2H3;1H,(H2,2,3). The Hall–Kier alpha value is -1.91. The van der Waals surface area contributed by atoms with Crippen LogP contribution in [-0.4, -0.2) is 24.0 Å². The highest BCUT2D eigenvalue weighted by Crippen LogP contribution is 1.73. The predicted octanol–water partition coefficient (Wildman–Crippen LogP) is 0.752. The number of carbonyl (C=O) groups is 2. The van der Waals surface area contributed by atoms with Crippen LogP contribution >= 0.6 is 0 Å². The summed E-state index contributed by atoms with van der Waals surface area (Å²) >= 11 is 0. The van der Waals surface area contributed by atoms with Gasteiger partial charge in [-0.05, 0) is 19.1 Å². The van der Waals surface area contributed by atoms with Crippen LogP contribution in [0.1, 0.15) is 13.8 Å². The number of hydrogen-bond donors (Lipinski definition) is 1. The fourth-order valence-electron chi connectivity index (χ4n) is 0.516. The monoisotopic (exact) mass is 212 g/mol. The average molecular weight is 212 g/mol. The normalized spacial score (nSPS) is 7.07. The van der Waals surface area contributed by atoms with Gasteiger partial charge in [-0.25, -0.2) is 0 Å². The number of primary amides is 1. The minimum atomic E-state index is -0.211. The van der Waals surface area contributed by atoms with Crippen molar-refractivity contribution in [3.05, 3.63) is 30.6 Å². The number of rotatable bonds is 1.